The fourth-order valence-electron chi connectivity index (χ4n) is 24.4. The maximum atomic E-state index is 5.26. The predicted octanol–water partition coefficient (Wildman–Crippen LogP) is 33.9. The van der Waals surface area contributed by atoms with Crippen LogP contribution < -0.4 is 0 Å². The van der Waals surface area contributed by atoms with Gasteiger partial charge in [0.2, 0.25) is 0 Å². The van der Waals surface area contributed by atoms with Crippen molar-refractivity contribution < 1.29 is 0 Å². The van der Waals surface area contributed by atoms with Crippen molar-refractivity contribution in [3.05, 3.63) is 561 Å². The minimum absolute atomic E-state index is 0.856. The number of fused-ring (bicyclic) bond motifs is 34. The summed E-state index contributed by atoms with van der Waals surface area (Å²) in [6.45, 7) is 0. The summed E-state index contributed by atoms with van der Waals surface area (Å²) in [6.07, 6.45) is 0.856. The highest BCUT2D eigenvalue weighted by atomic mass is 15.0. The Morgan fingerprint density at radius 2 is 0.478 bits per heavy atom. The molecule has 0 spiro atoms. The Bertz CT molecular complexity index is 9460. The van der Waals surface area contributed by atoms with Crippen molar-refractivity contribution in [2.24, 2.45) is 4.99 Å². The lowest BCUT2D eigenvalue weighted by Crippen LogP contribution is -2.03. The molecule has 0 fully saturated rings. The number of aromatic nitrogens is 1. The molecule has 31 rings (SSSR count). The molecule has 23 aromatic rings. The number of rotatable bonds is 7. The first kappa shape index (κ1) is 74.5. The minimum atomic E-state index is 0.856. The molecule has 2 heteroatoms. The molecule has 0 amide bonds. The van der Waals surface area contributed by atoms with E-state index >= 15 is 0 Å². The van der Waals surface area contributed by atoms with Crippen LogP contribution in [0.1, 0.15) is 100 Å². The van der Waals surface area contributed by atoms with Crippen molar-refractivity contribution in [3.8, 4) is 27.9 Å². The van der Waals surface area contributed by atoms with Gasteiger partial charge in [0.25, 0.3) is 0 Å². The Kier molecular flexibility index (Phi) is 16.1. The molecule has 7 aliphatic carbocycles. The van der Waals surface area contributed by atoms with Gasteiger partial charge in [0.05, 0.1) is 22.4 Å². The predicted molar refractivity (Wildman–Crippen MR) is 566 cm³/mol. The van der Waals surface area contributed by atoms with Crippen LogP contribution in [-0.4, -0.2) is 10.3 Å². The summed E-state index contributed by atoms with van der Waals surface area (Å²) in [5.74, 6) is 0. The van der Waals surface area contributed by atoms with Gasteiger partial charge in [0.15, 0.2) is 0 Å². The fourth-order valence-corrected chi connectivity index (χ4v) is 24.4. The molecular formula is C132H78N2. The van der Waals surface area contributed by atoms with E-state index in [-0.39, 0.29) is 0 Å². The fraction of sp³-hybridized carbons (Fsp3) is 0.00758. The van der Waals surface area contributed by atoms with Gasteiger partial charge in [-0.25, -0.2) is 0 Å². The molecule has 2 heterocycles. The monoisotopic (exact) mass is 1690 g/mol. The van der Waals surface area contributed by atoms with Gasteiger partial charge < -0.3 is 4.57 Å². The van der Waals surface area contributed by atoms with Gasteiger partial charge in [-0.15, -0.1) is 0 Å². The first-order chi connectivity index (χ1) is 66.6. The molecule has 0 unspecified atom stereocenters. The van der Waals surface area contributed by atoms with Gasteiger partial charge >= 0.3 is 0 Å². The number of aliphatic imine (C=N–C) groups is 1. The molecule has 1 aromatic heterocycles. The first-order valence-corrected chi connectivity index (χ1v) is 46.8. The summed E-state index contributed by atoms with van der Waals surface area (Å²) in [7, 11) is 0. The van der Waals surface area contributed by atoms with E-state index in [1.807, 2.05) is 0 Å². The second-order valence-electron chi connectivity index (χ2n) is 36.6. The van der Waals surface area contributed by atoms with Crippen LogP contribution in [0, 0.1) is 0 Å². The Balaban J connectivity index is 0.0000000986. The lowest BCUT2D eigenvalue weighted by Gasteiger charge is -2.15. The van der Waals surface area contributed by atoms with Crippen LogP contribution in [-0.2, 0) is 6.42 Å². The molecule has 1 aliphatic heterocycles. The maximum absolute atomic E-state index is 5.26. The Morgan fingerprint density at radius 3 is 0.896 bits per heavy atom. The normalized spacial score (nSPS) is 14.1. The Hall–Kier alpha value is -17.4. The maximum Gasteiger partial charge on any atom is 0.0669 e. The number of hydrogen-bond donors (Lipinski definition) is 0. The van der Waals surface area contributed by atoms with Gasteiger partial charge in [-0.1, -0.05) is 419 Å². The molecule has 616 valence electrons. The van der Waals surface area contributed by atoms with Crippen molar-refractivity contribution in [3.63, 3.8) is 0 Å². The lowest BCUT2D eigenvalue weighted by atomic mass is 9.88. The zero-order chi connectivity index (χ0) is 87.5. The molecule has 0 atom stereocenters. The minimum Gasteiger partial charge on any atom is -0.309 e. The summed E-state index contributed by atoms with van der Waals surface area (Å²) >= 11 is 0. The molecule has 0 bridgehead atoms. The van der Waals surface area contributed by atoms with Crippen LogP contribution in [0.5, 0.6) is 0 Å². The highest BCUT2D eigenvalue weighted by molar-refractivity contribution is 6.49. The summed E-state index contributed by atoms with van der Waals surface area (Å²) in [4.78, 5) is 5.26. The third-order valence-corrected chi connectivity index (χ3v) is 29.8. The van der Waals surface area contributed by atoms with Crippen LogP contribution in [0.3, 0.4) is 0 Å². The molecule has 8 aliphatic rings. The van der Waals surface area contributed by atoms with E-state index in [1.54, 1.807) is 0 Å². The van der Waals surface area contributed by atoms with Gasteiger partial charge in [0.1, 0.15) is 0 Å². The van der Waals surface area contributed by atoms with Crippen molar-refractivity contribution in [1.82, 2.24) is 4.57 Å². The van der Waals surface area contributed by atoms with Crippen molar-refractivity contribution >= 4 is 175 Å². The van der Waals surface area contributed by atoms with E-state index < -0.39 is 0 Å². The molecule has 0 saturated carbocycles. The van der Waals surface area contributed by atoms with E-state index in [9.17, 15) is 0 Å². The van der Waals surface area contributed by atoms with Crippen LogP contribution in [0.2, 0.25) is 0 Å². The van der Waals surface area contributed by atoms with E-state index in [1.165, 1.54) is 298 Å². The quantitative estimate of drug-likeness (QED) is 0.151. The molecular weight excluding hydrogens is 1610 g/mol. The standard InChI is InChI=1S/C48H29N.C46H26.C38H23N/c1-3-15-32(16-4-1)43-38-26-23-30-13-7-9-19-35(30)45(38)48-44(39-27-24-31-14-8-10-20-36(31)46(39)47(43)48)33-25-28-42-40(29-33)37-21-11-12-22-41(37)49(42)34-17-5-2-6-18-34;1-2-12-30(13-3-1)41-37-24-20-27-10-4-6-16-32(27)43(37)46-42(38-25-21-28-11-5-7-17-33(28)44(38)45(41)46)31-22-23-34-35-18-8-14-29-15-9-19-36(40(29)35)39(34)26-31;1-2-12-25(13-3-1)33-29-20-18-23-10-4-7-15-27(23)34(29)38-36(32-22-26-14-6-9-17-31(26)39-32)30-21-19-24-11-5-8-16-28(24)35(30)37(33)38/h1-29H;1-26H;1-21H,22H2. The summed E-state index contributed by atoms with van der Waals surface area (Å²) in [6, 6.07) is 170. The second kappa shape index (κ2) is 29.0. The van der Waals surface area contributed by atoms with Crippen LogP contribution in [0.15, 0.2) is 466 Å². The molecule has 134 heavy (non-hydrogen) atoms. The number of benzene rings is 22. The highest BCUT2D eigenvalue weighted by Crippen LogP contribution is 2.66. The zero-order valence-electron chi connectivity index (χ0n) is 73.0. The second-order valence-corrected chi connectivity index (χ2v) is 36.6. The summed E-state index contributed by atoms with van der Waals surface area (Å²) in [5, 5.41) is 20.7. The van der Waals surface area contributed by atoms with E-state index in [0.29, 0.717) is 0 Å². The van der Waals surface area contributed by atoms with Crippen LogP contribution in [0.4, 0.5) is 5.69 Å². The van der Waals surface area contributed by atoms with Crippen LogP contribution in [0.25, 0.3) is 192 Å². The van der Waals surface area contributed by atoms with Crippen molar-refractivity contribution in [2.75, 3.05) is 0 Å². The number of para-hydroxylation sites is 3. The number of hydrogen-bond acceptors (Lipinski definition) is 1. The van der Waals surface area contributed by atoms with Gasteiger partial charge in [-0.3, -0.25) is 4.99 Å². The molecule has 22 aromatic carbocycles. The topological polar surface area (TPSA) is 17.3 Å². The number of allylic oxidation sites excluding steroid dienone is 7. The van der Waals surface area contributed by atoms with Gasteiger partial charge in [-0.05, 0) is 296 Å². The molecule has 0 saturated heterocycles. The lowest BCUT2D eigenvalue weighted by molar-refractivity contribution is 1.18. The van der Waals surface area contributed by atoms with Gasteiger partial charge in [-0.2, -0.15) is 0 Å². The van der Waals surface area contributed by atoms with E-state index in [0.717, 1.165) is 12.1 Å². The first-order valence-electron chi connectivity index (χ1n) is 46.8. The summed E-state index contributed by atoms with van der Waals surface area (Å²) in [5.41, 5.74) is 50.9. The Labute approximate surface area is 775 Å². The van der Waals surface area contributed by atoms with Crippen LogP contribution >= 0.6 is 0 Å². The molecule has 0 radical (unpaired) electrons. The van der Waals surface area contributed by atoms with E-state index in [4.69, 9.17) is 4.99 Å². The van der Waals surface area contributed by atoms with Gasteiger partial charge in [0, 0.05) is 34.0 Å². The molecule has 0 N–H and O–H groups in total. The average Bonchev–Trinajstić information content (AvgIpc) is 1.53. The largest absolute Gasteiger partial charge is 0.309 e. The summed E-state index contributed by atoms with van der Waals surface area (Å²) < 4.78 is 2.40. The van der Waals surface area contributed by atoms with E-state index in [2.05, 4.69) is 466 Å². The Morgan fingerprint density at radius 1 is 0.172 bits per heavy atom. The third kappa shape index (κ3) is 10.8. The zero-order valence-corrected chi connectivity index (χ0v) is 73.0. The number of nitrogens with zero attached hydrogens (tertiary/aromatic N) is 2. The van der Waals surface area contributed by atoms with Crippen molar-refractivity contribution in [2.45, 2.75) is 6.42 Å². The van der Waals surface area contributed by atoms with Crippen molar-refractivity contribution in [1.29, 1.82) is 0 Å². The SMILES string of the molecule is c1ccc(C2=C3C(=C(C4=Nc5ccccc5C4)c4ccc5ccccc5c43)c3c2ccc2ccccc32)cc1.c1ccc(C2=C3C(=C(c4ccc5c(c4)-c4cccc6cccc-5c46)c4ccc5ccccc5c43)c3c2ccc2ccccc32)cc1.c1ccc(C2=C3C(=C(c4ccc5c(c4)c4ccccc4n5-c4ccccc4)c4ccc5ccccc5c43)c3c2ccc2ccccc32)cc1. The smallest absolute Gasteiger partial charge is 0.0669 e. The highest BCUT2D eigenvalue weighted by Gasteiger charge is 2.45. The average molecular weight is 1690 g/mol. The third-order valence-electron chi connectivity index (χ3n) is 29.8. The molecule has 2 nitrogen and oxygen atoms in total.